The summed E-state index contributed by atoms with van der Waals surface area (Å²) in [6.07, 6.45) is 5.53. The molecule has 18 heavy (non-hydrogen) atoms. The van der Waals surface area contributed by atoms with E-state index >= 15 is 0 Å². The molecule has 0 aromatic heterocycles. The summed E-state index contributed by atoms with van der Waals surface area (Å²) in [5, 5.41) is 3.19. The van der Waals surface area contributed by atoms with Gasteiger partial charge in [-0.25, -0.2) is 0 Å². The van der Waals surface area contributed by atoms with E-state index in [-0.39, 0.29) is 0 Å². The smallest absolute Gasteiger partial charge is 0.0236 e. The first-order valence-corrected chi connectivity index (χ1v) is 7.26. The van der Waals surface area contributed by atoms with Crippen molar-refractivity contribution in [3.8, 4) is 0 Å². The fourth-order valence-corrected chi connectivity index (χ4v) is 2.77. The first-order valence-electron chi connectivity index (χ1n) is 7.26. The molecule has 1 aromatic rings. The van der Waals surface area contributed by atoms with Crippen LogP contribution in [0.1, 0.15) is 43.7 Å². The minimum Gasteiger partial charge on any atom is -0.316 e. The highest BCUT2D eigenvalue weighted by molar-refractivity contribution is 5.22. The van der Waals surface area contributed by atoms with Crippen molar-refractivity contribution >= 4 is 0 Å². The molecule has 0 spiro atoms. The molecule has 1 fully saturated rings. The van der Waals surface area contributed by atoms with E-state index in [4.69, 9.17) is 0 Å². The average Bonchev–Trinajstić information content (AvgIpc) is 2.58. The molecule has 2 heteroatoms. The molecule has 2 nitrogen and oxygen atoms in total. The molecule has 1 atom stereocenters. The predicted octanol–water partition coefficient (Wildman–Crippen LogP) is 3.17. The summed E-state index contributed by atoms with van der Waals surface area (Å²) in [5.74, 6) is 0. The van der Waals surface area contributed by atoms with Gasteiger partial charge in [0.1, 0.15) is 0 Å². The van der Waals surface area contributed by atoms with Crippen LogP contribution in [0.15, 0.2) is 24.3 Å². The third-order valence-electron chi connectivity index (χ3n) is 3.98. The molecule has 0 aliphatic carbocycles. The summed E-state index contributed by atoms with van der Waals surface area (Å²) < 4.78 is 0. The molecule has 0 radical (unpaired) electrons. The number of hydrogen-bond acceptors (Lipinski definition) is 2. The molecule has 1 unspecified atom stereocenters. The van der Waals surface area contributed by atoms with Gasteiger partial charge in [0, 0.05) is 19.1 Å². The van der Waals surface area contributed by atoms with Gasteiger partial charge in [-0.15, -0.1) is 0 Å². The van der Waals surface area contributed by atoms with Gasteiger partial charge in [0.2, 0.25) is 0 Å². The highest BCUT2D eigenvalue weighted by atomic mass is 15.1. The molecule has 1 aliphatic heterocycles. The molecule has 1 saturated heterocycles. The number of hydrogen-bond donors (Lipinski definition) is 1. The Hall–Kier alpha value is -0.860. The van der Waals surface area contributed by atoms with Gasteiger partial charge in [-0.05, 0) is 44.5 Å². The van der Waals surface area contributed by atoms with Crippen molar-refractivity contribution in [2.45, 2.75) is 51.7 Å². The highest BCUT2D eigenvalue weighted by Crippen LogP contribution is 2.19. The summed E-state index contributed by atoms with van der Waals surface area (Å²) in [6, 6.07) is 9.79. The first-order chi connectivity index (χ1) is 8.79. The molecule has 0 saturated carbocycles. The minimum atomic E-state index is 0.740. The van der Waals surface area contributed by atoms with Crippen LogP contribution in [0.25, 0.3) is 0 Å². The van der Waals surface area contributed by atoms with E-state index in [2.05, 4.69) is 41.4 Å². The molecule has 0 amide bonds. The van der Waals surface area contributed by atoms with E-state index in [1.165, 1.54) is 43.4 Å². The number of nitrogens with one attached hydrogen (secondary N) is 1. The Morgan fingerprint density at radius 3 is 2.56 bits per heavy atom. The second-order valence-electron chi connectivity index (χ2n) is 5.52. The van der Waals surface area contributed by atoms with Crippen LogP contribution < -0.4 is 5.32 Å². The lowest BCUT2D eigenvalue weighted by molar-refractivity contribution is 0.205. The van der Waals surface area contributed by atoms with Crippen LogP contribution >= 0.6 is 0 Å². The van der Waals surface area contributed by atoms with E-state index in [1.807, 2.05) is 7.05 Å². The zero-order valence-corrected chi connectivity index (χ0v) is 11.8. The van der Waals surface area contributed by atoms with Gasteiger partial charge < -0.3 is 5.32 Å². The van der Waals surface area contributed by atoms with E-state index in [0.29, 0.717) is 0 Å². The van der Waals surface area contributed by atoms with Crippen LogP contribution in [0.5, 0.6) is 0 Å². The Bertz CT molecular complexity index is 345. The Morgan fingerprint density at radius 1 is 1.11 bits per heavy atom. The summed E-state index contributed by atoms with van der Waals surface area (Å²) in [5.41, 5.74) is 2.81. The van der Waals surface area contributed by atoms with Crippen molar-refractivity contribution in [2.24, 2.45) is 0 Å². The third-order valence-corrected chi connectivity index (χ3v) is 3.98. The van der Waals surface area contributed by atoms with Crippen LogP contribution in [0.2, 0.25) is 0 Å². The zero-order valence-electron chi connectivity index (χ0n) is 11.8. The van der Waals surface area contributed by atoms with Gasteiger partial charge in [0.25, 0.3) is 0 Å². The maximum absolute atomic E-state index is 3.19. The molecule has 1 aliphatic rings. The van der Waals surface area contributed by atoms with Crippen molar-refractivity contribution in [2.75, 3.05) is 13.6 Å². The highest BCUT2D eigenvalue weighted by Gasteiger charge is 2.16. The van der Waals surface area contributed by atoms with Gasteiger partial charge >= 0.3 is 0 Å². The second-order valence-corrected chi connectivity index (χ2v) is 5.52. The summed E-state index contributed by atoms with van der Waals surface area (Å²) in [7, 11) is 1.99. The third kappa shape index (κ3) is 3.82. The van der Waals surface area contributed by atoms with Gasteiger partial charge in [-0.1, -0.05) is 37.1 Å². The van der Waals surface area contributed by atoms with Crippen molar-refractivity contribution in [3.05, 3.63) is 35.4 Å². The number of benzene rings is 1. The van der Waals surface area contributed by atoms with Crippen LogP contribution in [0, 0.1) is 0 Å². The Balaban J connectivity index is 1.94. The Morgan fingerprint density at radius 2 is 1.83 bits per heavy atom. The van der Waals surface area contributed by atoms with E-state index in [0.717, 1.165) is 19.1 Å². The first kappa shape index (κ1) is 13.6. The summed E-state index contributed by atoms with van der Waals surface area (Å²) >= 11 is 0. The monoisotopic (exact) mass is 246 g/mol. The fraction of sp³-hybridized carbons (Fsp3) is 0.625. The van der Waals surface area contributed by atoms with Crippen molar-refractivity contribution in [1.29, 1.82) is 0 Å². The lowest BCUT2D eigenvalue weighted by Gasteiger charge is -2.27. The molecule has 1 aromatic carbocycles. The molecular formula is C16H26N2. The van der Waals surface area contributed by atoms with Crippen molar-refractivity contribution < 1.29 is 0 Å². The molecule has 0 bridgehead atoms. The average molecular weight is 246 g/mol. The van der Waals surface area contributed by atoms with Crippen LogP contribution in [-0.2, 0) is 13.1 Å². The van der Waals surface area contributed by atoms with Gasteiger partial charge in [-0.3, -0.25) is 4.90 Å². The maximum Gasteiger partial charge on any atom is 0.0236 e. The standard InChI is InChI=1S/C16H26N2/c1-14-6-4-3-5-11-18(14)13-16-9-7-15(8-10-16)12-17-2/h7-10,14,17H,3-6,11-13H2,1-2H3. The summed E-state index contributed by atoms with van der Waals surface area (Å²) in [6.45, 7) is 5.71. The van der Waals surface area contributed by atoms with Crippen LogP contribution in [-0.4, -0.2) is 24.5 Å². The van der Waals surface area contributed by atoms with Crippen LogP contribution in [0.3, 0.4) is 0 Å². The van der Waals surface area contributed by atoms with E-state index in [1.54, 1.807) is 0 Å². The largest absolute Gasteiger partial charge is 0.316 e. The lowest BCUT2D eigenvalue weighted by Crippen LogP contribution is -2.31. The Kier molecular flexibility index (Phi) is 5.21. The fourth-order valence-electron chi connectivity index (χ4n) is 2.77. The lowest BCUT2D eigenvalue weighted by atomic mass is 10.1. The molecule has 100 valence electrons. The van der Waals surface area contributed by atoms with E-state index in [9.17, 15) is 0 Å². The SMILES string of the molecule is CNCc1ccc(CN2CCCCCC2C)cc1. The summed E-state index contributed by atoms with van der Waals surface area (Å²) in [4.78, 5) is 2.64. The van der Waals surface area contributed by atoms with Gasteiger partial charge in [0.05, 0.1) is 0 Å². The number of likely N-dealkylation sites (tertiary alicyclic amines) is 1. The molecule has 1 N–H and O–H groups in total. The maximum atomic E-state index is 3.19. The van der Waals surface area contributed by atoms with Crippen molar-refractivity contribution in [3.63, 3.8) is 0 Å². The number of nitrogens with zero attached hydrogens (tertiary/aromatic N) is 1. The van der Waals surface area contributed by atoms with Crippen molar-refractivity contribution in [1.82, 2.24) is 10.2 Å². The Labute approximate surface area is 111 Å². The van der Waals surface area contributed by atoms with E-state index < -0.39 is 0 Å². The topological polar surface area (TPSA) is 15.3 Å². The zero-order chi connectivity index (χ0) is 12.8. The predicted molar refractivity (Wildman–Crippen MR) is 77.5 cm³/mol. The van der Waals surface area contributed by atoms with Gasteiger partial charge in [0.15, 0.2) is 0 Å². The molecular weight excluding hydrogens is 220 g/mol. The van der Waals surface area contributed by atoms with Crippen LogP contribution in [0.4, 0.5) is 0 Å². The molecule has 1 heterocycles. The minimum absolute atomic E-state index is 0.740. The quantitative estimate of drug-likeness (QED) is 0.878. The normalized spacial score (nSPS) is 21.8. The second kappa shape index (κ2) is 6.91. The molecule has 2 rings (SSSR count). The number of rotatable bonds is 4. The van der Waals surface area contributed by atoms with Gasteiger partial charge in [-0.2, -0.15) is 0 Å².